The number of nitrogens with zero attached hydrogens (tertiary/aromatic N) is 3. The molecule has 3 aliphatic rings. The highest BCUT2D eigenvalue weighted by molar-refractivity contribution is 9.10. The van der Waals surface area contributed by atoms with Crippen LogP contribution in [0, 0.1) is 0 Å². The zero-order chi connectivity index (χ0) is 12.4. The van der Waals surface area contributed by atoms with E-state index in [0.717, 1.165) is 11.0 Å². The third-order valence-electron chi connectivity index (χ3n) is 4.14. The Morgan fingerprint density at radius 2 is 1.83 bits per heavy atom. The van der Waals surface area contributed by atoms with Crippen LogP contribution in [0.5, 0.6) is 0 Å². The van der Waals surface area contributed by atoms with Crippen LogP contribution in [0.1, 0.15) is 25.7 Å². The third kappa shape index (κ3) is 2.69. The fraction of sp³-hybridized carbons (Fsp3) is 0.643. The molecule has 0 spiro atoms. The zero-order valence-corrected chi connectivity index (χ0v) is 12.3. The normalized spacial score (nSPS) is 28.6. The molecule has 0 aliphatic carbocycles. The monoisotopic (exact) mass is 309 g/mol. The second-order valence-corrected chi connectivity index (χ2v) is 6.25. The number of rotatable bonds is 1. The van der Waals surface area contributed by atoms with E-state index >= 15 is 0 Å². The Morgan fingerprint density at radius 3 is 2.56 bits per heavy atom. The van der Waals surface area contributed by atoms with Gasteiger partial charge in [0, 0.05) is 29.8 Å². The molecule has 0 N–H and O–H groups in total. The van der Waals surface area contributed by atoms with Gasteiger partial charge in [-0.25, -0.2) is 0 Å². The lowest BCUT2D eigenvalue weighted by Gasteiger charge is -2.41. The molecule has 2 bridgehead atoms. The van der Waals surface area contributed by atoms with Crippen molar-refractivity contribution >= 4 is 21.6 Å². The van der Waals surface area contributed by atoms with Crippen molar-refractivity contribution in [1.82, 2.24) is 9.88 Å². The Balaban J connectivity index is 1.85. The summed E-state index contributed by atoms with van der Waals surface area (Å²) in [6.07, 6.45) is 9.18. The van der Waals surface area contributed by atoms with Crippen LogP contribution < -0.4 is 4.90 Å². The maximum absolute atomic E-state index is 4.32. The average Bonchev–Trinajstić information content (AvgIpc) is 2.26. The summed E-state index contributed by atoms with van der Waals surface area (Å²) < 4.78 is 1.08. The fourth-order valence-electron chi connectivity index (χ4n) is 3.22. The summed E-state index contributed by atoms with van der Waals surface area (Å²) in [6.45, 7) is 4.92. The molecular formula is C14H20BrN3. The van der Waals surface area contributed by atoms with E-state index in [1.807, 2.05) is 12.4 Å². The second-order valence-electron chi connectivity index (χ2n) is 5.33. The first-order valence-corrected chi connectivity index (χ1v) is 7.72. The summed E-state index contributed by atoms with van der Waals surface area (Å²) in [6, 6.07) is 2.91. The number of fused-ring (bicyclic) bond motifs is 6. The quantitative estimate of drug-likeness (QED) is 0.795. The summed E-state index contributed by atoms with van der Waals surface area (Å²) in [5.41, 5.74) is 1.28. The molecule has 0 radical (unpaired) electrons. The molecular weight excluding hydrogens is 290 g/mol. The van der Waals surface area contributed by atoms with Crippen LogP contribution in [-0.4, -0.2) is 42.1 Å². The van der Waals surface area contributed by atoms with Crippen LogP contribution in [0.15, 0.2) is 22.9 Å². The van der Waals surface area contributed by atoms with Gasteiger partial charge >= 0.3 is 0 Å². The van der Waals surface area contributed by atoms with Crippen LogP contribution >= 0.6 is 15.9 Å². The van der Waals surface area contributed by atoms with Gasteiger partial charge in [-0.15, -0.1) is 0 Å². The molecule has 0 atom stereocenters. The van der Waals surface area contributed by atoms with E-state index in [9.17, 15) is 0 Å². The highest BCUT2D eigenvalue weighted by Crippen LogP contribution is 2.27. The Bertz CT molecular complexity index is 400. The van der Waals surface area contributed by atoms with Crippen molar-refractivity contribution < 1.29 is 0 Å². The van der Waals surface area contributed by atoms with Crippen molar-refractivity contribution in [1.29, 1.82) is 0 Å². The van der Waals surface area contributed by atoms with E-state index in [1.165, 1.54) is 51.0 Å². The van der Waals surface area contributed by atoms with Crippen LogP contribution in [0.4, 0.5) is 5.69 Å². The lowest BCUT2D eigenvalue weighted by molar-refractivity contribution is 0.217. The number of anilines is 1. The van der Waals surface area contributed by atoms with Gasteiger partial charge in [-0.2, -0.15) is 0 Å². The first-order valence-electron chi connectivity index (χ1n) is 6.92. The maximum Gasteiger partial charge on any atom is 0.0567 e. The van der Waals surface area contributed by atoms with Gasteiger partial charge in [0.25, 0.3) is 0 Å². The molecule has 0 unspecified atom stereocenters. The number of aromatic nitrogens is 1. The van der Waals surface area contributed by atoms with Crippen LogP contribution in [-0.2, 0) is 0 Å². The number of halogens is 1. The Labute approximate surface area is 117 Å². The standard InChI is InChI=1S/C14H20BrN3/c15-12-9-14(11-16-10-12)18-8-7-17-5-1-3-13(18)4-2-6-17/h9-11,13H,1-8H2. The Hall–Kier alpha value is -0.610. The minimum atomic E-state index is 0.712. The van der Waals surface area contributed by atoms with E-state index in [-0.39, 0.29) is 0 Å². The minimum absolute atomic E-state index is 0.712. The summed E-state index contributed by atoms with van der Waals surface area (Å²) >= 11 is 3.53. The first-order chi connectivity index (χ1) is 8.83. The number of hydrogen-bond acceptors (Lipinski definition) is 3. The molecule has 0 amide bonds. The summed E-state index contributed by atoms with van der Waals surface area (Å²) in [7, 11) is 0. The SMILES string of the molecule is Brc1cncc(N2CCN3CCCC2CCC3)c1. The second kappa shape index (κ2) is 5.57. The molecule has 0 aromatic carbocycles. The van der Waals surface area contributed by atoms with Crippen LogP contribution in [0.2, 0.25) is 0 Å². The van der Waals surface area contributed by atoms with Gasteiger partial charge in [-0.05, 0) is 60.8 Å². The molecule has 18 heavy (non-hydrogen) atoms. The molecule has 1 aromatic heterocycles. The van der Waals surface area contributed by atoms with Gasteiger partial charge in [0.15, 0.2) is 0 Å². The van der Waals surface area contributed by atoms with Gasteiger partial charge in [0.2, 0.25) is 0 Å². The molecule has 4 heterocycles. The van der Waals surface area contributed by atoms with E-state index in [4.69, 9.17) is 0 Å². The Morgan fingerprint density at radius 1 is 1.06 bits per heavy atom. The van der Waals surface area contributed by atoms with Gasteiger partial charge in [-0.3, -0.25) is 4.98 Å². The van der Waals surface area contributed by atoms with Gasteiger partial charge in [-0.1, -0.05) is 0 Å². The van der Waals surface area contributed by atoms with Crippen molar-refractivity contribution in [3.05, 3.63) is 22.9 Å². The molecule has 4 heteroatoms. The summed E-state index contributed by atoms with van der Waals surface area (Å²) in [5, 5.41) is 0. The molecule has 1 aromatic rings. The van der Waals surface area contributed by atoms with Crippen LogP contribution in [0.3, 0.4) is 0 Å². The largest absolute Gasteiger partial charge is 0.366 e. The van der Waals surface area contributed by atoms with Crippen molar-refractivity contribution in [3.8, 4) is 0 Å². The molecule has 98 valence electrons. The van der Waals surface area contributed by atoms with Crippen molar-refractivity contribution in [2.75, 3.05) is 31.1 Å². The van der Waals surface area contributed by atoms with Crippen molar-refractivity contribution in [2.24, 2.45) is 0 Å². The van der Waals surface area contributed by atoms with Gasteiger partial charge < -0.3 is 9.80 Å². The van der Waals surface area contributed by atoms with Gasteiger partial charge in [0.05, 0.1) is 11.9 Å². The average molecular weight is 310 g/mol. The van der Waals surface area contributed by atoms with E-state index < -0.39 is 0 Å². The Kier molecular flexibility index (Phi) is 3.85. The maximum atomic E-state index is 4.32. The highest BCUT2D eigenvalue weighted by atomic mass is 79.9. The van der Waals surface area contributed by atoms with E-state index in [0.29, 0.717) is 6.04 Å². The van der Waals surface area contributed by atoms with Gasteiger partial charge in [0.1, 0.15) is 0 Å². The molecule has 0 saturated carbocycles. The molecule has 3 nitrogen and oxygen atoms in total. The van der Waals surface area contributed by atoms with E-state index in [2.05, 4.69) is 36.8 Å². The van der Waals surface area contributed by atoms with Crippen molar-refractivity contribution in [2.45, 2.75) is 31.7 Å². The zero-order valence-electron chi connectivity index (χ0n) is 10.7. The van der Waals surface area contributed by atoms with Crippen LogP contribution in [0.25, 0.3) is 0 Å². The third-order valence-corrected chi connectivity index (χ3v) is 4.58. The smallest absolute Gasteiger partial charge is 0.0567 e. The fourth-order valence-corrected chi connectivity index (χ4v) is 3.57. The van der Waals surface area contributed by atoms with Crippen molar-refractivity contribution in [3.63, 3.8) is 0 Å². The number of hydrogen-bond donors (Lipinski definition) is 0. The van der Waals surface area contributed by atoms with E-state index in [1.54, 1.807) is 0 Å². The predicted octanol–water partition coefficient (Wildman–Crippen LogP) is 2.91. The highest BCUT2D eigenvalue weighted by Gasteiger charge is 2.25. The predicted molar refractivity (Wildman–Crippen MR) is 78.0 cm³/mol. The molecule has 3 saturated heterocycles. The minimum Gasteiger partial charge on any atom is -0.366 e. The molecule has 3 fully saturated rings. The lowest BCUT2D eigenvalue weighted by Crippen LogP contribution is -2.47. The summed E-state index contributed by atoms with van der Waals surface area (Å²) in [4.78, 5) is 9.51. The number of pyridine rings is 1. The first kappa shape index (κ1) is 12.4. The lowest BCUT2D eigenvalue weighted by atomic mass is 9.98. The topological polar surface area (TPSA) is 19.4 Å². The molecule has 4 rings (SSSR count). The summed E-state index contributed by atoms with van der Waals surface area (Å²) in [5.74, 6) is 0. The molecule has 3 aliphatic heterocycles.